The van der Waals surface area contributed by atoms with Crippen LogP contribution in [0.25, 0.3) is 11.7 Å². The molecule has 0 aliphatic heterocycles. The van der Waals surface area contributed by atoms with Crippen LogP contribution in [0.1, 0.15) is 29.2 Å². The fraction of sp³-hybridized carbons (Fsp3) is 0.273. The van der Waals surface area contributed by atoms with Crippen LogP contribution in [0.2, 0.25) is 0 Å². The molecule has 9 heteroatoms. The molecule has 0 aliphatic rings. The fourth-order valence-electron chi connectivity index (χ4n) is 3.18. The zero-order valence-corrected chi connectivity index (χ0v) is 17.1. The second-order valence-corrected chi connectivity index (χ2v) is 6.91. The van der Waals surface area contributed by atoms with Crippen molar-refractivity contribution >= 4 is 0 Å². The summed E-state index contributed by atoms with van der Waals surface area (Å²) in [5, 5.41) is 9.57. The molecule has 9 nitrogen and oxygen atoms in total. The number of aryl methyl sites for hydroxylation is 3. The Morgan fingerprint density at radius 2 is 2.03 bits per heavy atom. The van der Waals surface area contributed by atoms with Crippen LogP contribution in [0, 0.1) is 6.92 Å². The van der Waals surface area contributed by atoms with Gasteiger partial charge in [0.15, 0.2) is 23.0 Å². The first-order chi connectivity index (χ1) is 15.0. The minimum Gasteiger partial charge on any atom is -0.493 e. The zero-order chi connectivity index (χ0) is 21.8. The van der Waals surface area contributed by atoms with Crippen molar-refractivity contribution in [1.82, 2.24) is 9.97 Å². The summed E-state index contributed by atoms with van der Waals surface area (Å²) in [6.07, 6.45) is 3.40. The normalized spacial score (nSPS) is 11.0. The topological polar surface area (TPSA) is 124 Å². The number of furan rings is 1. The minimum absolute atomic E-state index is 0.218. The second-order valence-electron chi connectivity index (χ2n) is 6.91. The van der Waals surface area contributed by atoms with Crippen LogP contribution in [0.3, 0.4) is 0 Å². The predicted molar refractivity (Wildman–Crippen MR) is 109 cm³/mol. The summed E-state index contributed by atoms with van der Waals surface area (Å²) in [6, 6.07) is 9.23. The fourth-order valence-corrected chi connectivity index (χ4v) is 3.18. The van der Waals surface area contributed by atoms with Crippen molar-refractivity contribution in [3.8, 4) is 29.0 Å². The third-order valence-electron chi connectivity index (χ3n) is 4.79. The van der Waals surface area contributed by atoms with E-state index in [1.807, 2.05) is 25.1 Å². The molecule has 4 aromatic rings. The second kappa shape index (κ2) is 8.86. The predicted octanol–water partition coefficient (Wildman–Crippen LogP) is 3.99. The first kappa shape index (κ1) is 20.4. The molecule has 31 heavy (non-hydrogen) atoms. The number of aromatic amines is 1. The quantitative estimate of drug-likeness (QED) is 0.412. The van der Waals surface area contributed by atoms with E-state index >= 15 is 0 Å². The maximum Gasteiger partial charge on any atom is 0.419 e. The van der Waals surface area contributed by atoms with Gasteiger partial charge in [-0.2, -0.15) is 0 Å². The van der Waals surface area contributed by atoms with Gasteiger partial charge in [0.25, 0.3) is 5.89 Å². The largest absolute Gasteiger partial charge is 0.493 e. The van der Waals surface area contributed by atoms with Crippen LogP contribution in [0.15, 0.2) is 54.6 Å². The molecule has 0 saturated heterocycles. The Kier molecular flexibility index (Phi) is 5.83. The molecule has 162 valence electrons. The summed E-state index contributed by atoms with van der Waals surface area (Å²) in [6.45, 7) is 2.04. The minimum atomic E-state index is -0.658. The Morgan fingerprint density at radius 3 is 2.74 bits per heavy atom. The first-order valence-corrected chi connectivity index (χ1v) is 9.74. The summed E-state index contributed by atoms with van der Waals surface area (Å²) in [5.41, 5.74) is 1.70. The van der Waals surface area contributed by atoms with Crippen LogP contribution < -0.4 is 15.2 Å². The molecule has 3 heterocycles. The van der Waals surface area contributed by atoms with Gasteiger partial charge in [-0.15, -0.1) is 0 Å². The summed E-state index contributed by atoms with van der Waals surface area (Å²) in [7, 11) is 1.58. The number of aromatic hydroxyl groups is 1. The van der Waals surface area contributed by atoms with Gasteiger partial charge in [0.05, 0.1) is 13.4 Å². The molecule has 0 bridgehead atoms. The van der Waals surface area contributed by atoms with E-state index in [0.29, 0.717) is 53.9 Å². The number of H-pyrrole nitrogens is 1. The Bertz CT molecular complexity index is 1200. The lowest BCUT2D eigenvalue weighted by Gasteiger charge is -2.11. The summed E-state index contributed by atoms with van der Waals surface area (Å²) >= 11 is 0. The van der Waals surface area contributed by atoms with E-state index < -0.39 is 5.76 Å². The van der Waals surface area contributed by atoms with Crippen molar-refractivity contribution in [1.29, 1.82) is 0 Å². The van der Waals surface area contributed by atoms with Gasteiger partial charge in [-0.25, -0.2) is 9.78 Å². The molecular weight excluding hydrogens is 404 g/mol. The van der Waals surface area contributed by atoms with Crippen LogP contribution in [-0.4, -0.2) is 22.2 Å². The van der Waals surface area contributed by atoms with E-state index in [-0.39, 0.29) is 18.2 Å². The first-order valence-electron chi connectivity index (χ1n) is 9.74. The molecular formula is C22H22N2O7. The number of benzene rings is 1. The van der Waals surface area contributed by atoms with Gasteiger partial charge in [0.2, 0.25) is 5.88 Å². The summed E-state index contributed by atoms with van der Waals surface area (Å²) in [5.74, 6) is 2.19. The van der Waals surface area contributed by atoms with Crippen molar-refractivity contribution in [2.75, 3.05) is 7.11 Å². The van der Waals surface area contributed by atoms with Crippen molar-refractivity contribution in [3.05, 3.63) is 69.9 Å². The highest BCUT2D eigenvalue weighted by molar-refractivity contribution is 5.45. The SMILES string of the molecule is COc1cc(CCCc2oc(=O)[nH]c2O)ccc1OCc1nc(-c2ccco2)oc1C. The maximum absolute atomic E-state index is 11.1. The number of hydrogen-bond acceptors (Lipinski definition) is 8. The lowest BCUT2D eigenvalue weighted by molar-refractivity contribution is 0.279. The van der Waals surface area contributed by atoms with E-state index in [0.717, 1.165) is 5.56 Å². The lowest BCUT2D eigenvalue weighted by atomic mass is 10.1. The number of rotatable bonds is 9. The van der Waals surface area contributed by atoms with E-state index in [4.69, 9.17) is 22.7 Å². The Morgan fingerprint density at radius 1 is 1.16 bits per heavy atom. The molecule has 0 spiro atoms. The average Bonchev–Trinajstić information content (AvgIpc) is 3.48. The van der Waals surface area contributed by atoms with Gasteiger partial charge in [-0.05, 0) is 49.6 Å². The molecule has 2 N–H and O–H groups in total. The van der Waals surface area contributed by atoms with Crippen molar-refractivity contribution < 1.29 is 27.8 Å². The monoisotopic (exact) mass is 426 g/mol. The summed E-state index contributed by atoms with van der Waals surface area (Å²) in [4.78, 5) is 17.7. The van der Waals surface area contributed by atoms with Gasteiger partial charge in [-0.3, -0.25) is 4.98 Å². The van der Waals surface area contributed by atoms with E-state index in [9.17, 15) is 9.90 Å². The van der Waals surface area contributed by atoms with Crippen LogP contribution >= 0.6 is 0 Å². The highest BCUT2D eigenvalue weighted by Gasteiger charge is 2.15. The van der Waals surface area contributed by atoms with E-state index in [1.54, 1.807) is 25.5 Å². The van der Waals surface area contributed by atoms with Gasteiger partial charge < -0.3 is 27.8 Å². The molecule has 0 unspecified atom stereocenters. The van der Waals surface area contributed by atoms with Crippen molar-refractivity contribution in [2.24, 2.45) is 0 Å². The third-order valence-corrected chi connectivity index (χ3v) is 4.79. The molecule has 3 aromatic heterocycles. The Labute approximate surface area is 177 Å². The molecule has 4 rings (SSSR count). The van der Waals surface area contributed by atoms with Gasteiger partial charge in [0.1, 0.15) is 18.1 Å². The molecule has 0 radical (unpaired) electrons. The number of methoxy groups -OCH3 is 1. The number of nitrogens with one attached hydrogen (secondary N) is 1. The standard InChI is InChI=1S/C22H22N2O7/c1-13-15(23-21(30-13)18-7-4-10-28-18)12-29-16-9-8-14(11-19(16)27-2)5-3-6-17-20(25)24-22(26)31-17/h4,7-11,25H,3,5-6,12H2,1-2H3,(H,24,26). The van der Waals surface area contributed by atoms with Crippen LogP contribution in [0.5, 0.6) is 17.4 Å². The summed E-state index contributed by atoms with van der Waals surface area (Å²) < 4.78 is 27.2. The number of oxazole rings is 2. The highest BCUT2D eigenvalue weighted by Crippen LogP contribution is 2.30. The van der Waals surface area contributed by atoms with E-state index in [1.165, 1.54) is 0 Å². The van der Waals surface area contributed by atoms with Gasteiger partial charge in [0, 0.05) is 6.42 Å². The van der Waals surface area contributed by atoms with Crippen molar-refractivity contribution in [3.63, 3.8) is 0 Å². The smallest absolute Gasteiger partial charge is 0.419 e. The average molecular weight is 426 g/mol. The molecule has 0 saturated carbocycles. The van der Waals surface area contributed by atoms with Gasteiger partial charge >= 0.3 is 5.76 Å². The number of aromatic nitrogens is 2. The Hall–Kier alpha value is -3.88. The maximum atomic E-state index is 11.1. The zero-order valence-electron chi connectivity index (χ0n) is 17.1. The molecule has 0 aliphatic carbocycles. The molecule has 0 amide bonds. The lowest BCUT2D eigenvalue weighted by Crippen LogP contribution is -2.00. The Balaban J connectivity index is 1.38. The molecule has 0 atom stereocenters. The van der Waals surface area contributed by atoms with Crippen LogP contribution in [-0.2, 0) is 19.4 Å². The molecule has 1 aromatic carbocycles. The third kappa shape index (κ3) is 4.66. The number of nitrogens with zero attached hydrogens (tertiary/aromatic N) is 1. The molecule has 0 fully saturated rings. The van der Waals surface area contributed by atoms with Crippen LogP contribution in [0.4, 0.5) is 0 Å². The van der Waals surface area contributed by atoms with Gasteiger partial charge in [-0.1, -0.05) is 6.07 Å². The number of ether oxygens (including phenoxy) is 2. The van der Waals surface area contributed by atoms with Crippen molar-refractivity contribution in [2.45, 2.75) is 32.8 Å². The van der Waals surface area contributed by atoms with E-state index in [2.05, 4.69) is 9.97 Å². The number of hydrogen-bond donors (Lipinski definition) is 2. The highest BCUT2D eigenvalue weighted by atomic mass is 16.5.